The number of rotatable bonds is 9. The number of nitrogens with one attached hydrogen (secondary N) is 3. The fourth-order valence-electron chi connectivity index (χ4n) is 2.11. The molecule has 1 unspecified atom stereocenters. The number of ether oxygens (including phenoxy) is 1. The third-order valence-electron chi connectivity index (χ3n) is 3.78. The topological polar surface area (TPSA) is 74.8 Å². The van der Waals surface area contributed by atoms with Crippen LogP contribution in [0, 0.1) is 6.92 Å². The van der Waals surface area contributed by atoms with Gasteiger partial charge in [0.2, 0.25) is 5.91 Å². The number of guanidine groups is 1. The Morgan fingerprint density at radius 1 is 1.24 bits per heavy atom. The summed E-state index contributed by atoms with van der Waals surface area (Å²) in [7, 11) is 1.69. The number of benzene rings is 1. The predicted octanol–water partition coefficient (Wildman–Crippen LogP) is 2.36. The summed E-state index contributed by atoms with van der Waals surface area (Å²) in [6.07, 6.45) is 2.04. The van der Waals surface area contributed by atoms with E-state index in [0.29, 0.717) is 19.0 Å². The summed E-state index contributed by atoms with van der Waals surface area (Å²) in [6.45, 7) is 9.70. The maximum Gasteiger partial charge on any atom is 0.239 e. The van der Waals surface area contributed by atoms with Gasteiger partial charge in [0.05, 0.1) is 12.6 Å². The standard InChI is InChI=1S/C19H32N4O2/c1-6-10-21-18(24)13-23-19(20-5)22-12-16-9-8-14(3)11-17(16)25-15(4)7-2/h8-9,11,15H,6-7,10,12-13H2,1-5H3,(H,21,24)(H2,20,22,23). The van der Waals surface area contributed by atoms with Crippen molar-refractivity contribution in [3.8, 4) is 5.75 Å². The molecule has 1 amide bonds. The van der Waals surface area contributed by atoms with Gasteiger partial charge in [-0.25, -0.2) is 0 Å². The highest BCUT2D eigenvalue weighted by atomic mass is 16.5. The first-order valence-corrected chi connectivity index (χ1v) is 8.97. The highest BCUT2D eigenvalue weighted by Crippen LogP contribution is 2.22. The van der Waals surface area contributed by atoms with Gasteiger partial charge in [-0.1, -0.05) is 26.0 Å². The lowest BCUT2D eigenvalue weighted by molar-refractivity contribution is -0.120. The average Bonchev–Trinajstić information content (AvgIpc) is 2.61. The average molecular weight is 348 g/mol. The molecule has 0 aromatic heterocycles. The molecule has 3 N–H and O–H groups in total. The zero-order valence-corrected chi connectivity index (χ0v) is 16.1. The molecule has 140 valence electrons. The summed E-state index contributed by atoms with van der Waals surface area (Å²) in [6, 6.07) is 6.17. The van der Waals surface area contributed by atoms with Gasteiger partial charge in [0, 0.05) is 25.7 Å². The van der Waals surface area contributed by atoms with Gasteiger partial charge in [-0.15, -0.1) is 0 Å². The van der Waals surface area contributed by atoms with Crippen LogP contribution in [0.2, 0.25) is 0 Å². The van der Waals surface area contributed by atoms with E-state index in [1.54, 1.807) is 7.05 Å². The molecule has 6 heteroatoms. The van der Waals surface area contributed by atoms with Crippen LogP contribution in [0.4, 0.5) is 0 Å². The summed E-state index contributed by atoms with van der Waals surface area (Å²) in [5.74, 6) is 1.43. The molecule has 6 nitrogen and oxygen atoms in total. The number of carbonyl (C=O) groups is 1. The SMILES string of the molecule is CCCNC(=O)CNC(=NC)NCc1ccc(C)cc1OC(C)CC. The van der Waals surface area contributed by atoms with Gasteiger partial charge in [-0.3, -0.25) is 9.79 Å². The van der Waals surface area contributed by atoms with Crippen LogP contribution in [0.15, 0.2) is 23.2 Å². The van der Waals surface area contributed by atoms with Crippen LogP contribution in [0.1, 0.15) is 44.7 Å². The maximum absolute atomic E-state index is 11.7. The van der Waals surface area contributed by atoms with E-state index >= 15 is 0 Å². The van der Waals surface area contributed by atoms with Crippen molar-refractivity contribution in [2.24, 2.45) is 4.99 Å². The van der Waals surface area contributed by atoms with E-state index in [1.807, 2.05) is 6.92 Å². The van der Waals surface area contributed by atoms with Crippen LogP contribution in [0.5, 0.6) is 5.75 Å². The molecular formula is C19H32N4O2. The molecule has 1 aromatic carbocycles. The summed E-state index contributed by atoms with van der Waals surface area (Å²) in [5.41, 5.74) is 2.22. The lowest BCUT2D eigenvalue weighted by Gasteiger charge is -2.18. The largest absolute Gasteiger partial charge is 0.490 e. The van der Waals surface area contributed by atoms with Crippen molar-refractivity contribution in [3.05, 3.63) is 29.3 Å². The number of amides is 1. The third kappa shape index (κ3) is 7.92. The van der Waals surface area contributed by atoms with E-state index < -0.39 is 0 Å². The van der Waals surface area contributed by atoms with E-state index in [2.05, 4.69) is 59.9 Å². The molecule has 0 aliphatic rings. The van der Waals surface area contributed by atoms with Crippen LogP contribution in [-0.2, 0) is 11.3 Å². The van der Waals surface area contributed by atoms with Gasteiger partial charge < -0.3 is 20.7 Å². The molecule has 0 bridgehead atoms. The van der Waals surface area contributed by atoms with Crippen LogP contribution in [0.25, 0.3) is 0 Å². The minimum absolute atomic E-state index is 0.0408. The zero-order chi connectivity index (χ0) is 18.7. The Hall–Kier alpha value is -2.24. The predicted molar refractivity (Wildman–Crippen MR) is 103 cm³/mol. The first kappa shape index (κ1) is 20.8. The summed E-state index contributed by atoms with van der Waals surface area (Å²) in [5, 5.41) is 9.07. The van der Waals surface area contributed by atoms with Crippen LogP contribution in [-0.4, -0.2) is 38.1 Å². The Balaban J connectivity index is 2.61. The normalized spacial score (nSPS) is 12.4. The number of aryl methyl sites for hydroxylation is 1. The lowest BCUT2D eigenvalue weighted by atomic mass is 10.1. The molecular weight excluding hydrogens is 316 g/mol. The quantitative estimate of drug-likeness (QED) is 0.473. The van der Waals surface area contributed by atoms with Crippen molar-refractivity contribution in [3.63, 3.8) is 0 Å². The first-order chi connectivity index (χ1) is 12.0. The van der Waals surface area contributed by atoms with E-state index in [-0.39, 0.29) is 18.6 Å². The summed E-state index contributed by atoms with van der Waals surface area (Å²) < 4.78 is 6.02. The second-order valence-corrected chi connectivity index (χ2v) is 6.08. The fourth-order valence-corrected chi connectivity index (χ4v) is 2.11. The molecule has 0 aliphatic carbocycles. The molecule has 0 saturated heterocycles. The Labute approximate surface area is 151 Å². The summed E-state index contributed by atoms with van der Waals surface area (Å²) >= 11 is 0. The Morgan fingerprint density at radius 2 is 2.00 bits per heavy atom. The van der Waals surface area contributed by atoms with Gasteiger partial charge in [0.25, 0.3) is 0 Å². The number of hydrogen-bond acceptors (Lipinski definition) is 3. The highest BCUT2D eigenvalue weighted by Gasteiger charge is 2.09. The van der Waals surface area contributed by atoms with Gasteiger partial charge in [-0.05, 0) is 38.3 Å². The molecule has 0 fully saturated rings. The van der Waals surface area contributed by atoms with Crippen LogP contribution < -0.4 is 20.7 Å². The van der Waals surface area contributed by atoms with E-state index in [9.17, 15) is 4.79 Å². The zero-order valence-electron chi connectivity index (χ0n) is 16.1. The molecule has 0 heterocycles. The monoisotopic (exact) mass is 348 g/mol. The second-order valence-electron chi connectivity index (χ2n) is 6.08. The minimum Gasteiger partial charge on any atom is -0.490 e. The van der Waals surface area contributed by atoms with Crippen LogP contribution >= 0.6 is 0 Å². The molecule has 1 rings (SSSR count). The first-order valence-electron chi connectivity index (χ1n) is 8.97. The van der Waals surface area contributed by atoms with Gasteiger partial charge in [0.15, 0.2) is 5.96 Å². The van der Waals surface area contributed by atoms with Gasteiger partial charge in [0.1, 0.15) is 5.75 Å². The molecule has 1 atom stereocenters. The van der Waals surface area contributed by atoms with Gasteiger partial charge in [-0.2, -0.15) is 0 Å². The van der Waals surface area contributed by atoms with E-state index in [1.165, 1.54) is 0 Å². The second kappa shape index (κ2) is 11.3. The highest BCUT2D eigenvalue weighted by molar-refractivity contribution is 5.86. The van der Waals surface area contributed by atoms with Crippen molar-refractivity contribution < 1.29 is 9.53 Å². The Bertz CT molecular complexity index is 573. The molecule has 1 aromatic rings. The lowest BCUT2D eigenvalue weighted by Crippen LogP contribution is -2.43. The van der Waals surface area contributed by atoms with Crippen molar-refractivity contribution in [2.45, 2.75) is 53.2 Å². The third-order valence-corrected chi connectivity index (χ3v) is 3.78. The van der Waals surface area contributed by atoms with Crippen molar-refractivity contribution in [2.75, 3.05) is 20.1 Å². The van der Waals surface area contributed by atoms with E-state index in [0.717, 1.165) is 29.7 Å². The van der Waals surface area contributed by atoms with Crippen molar-refractivity contribution >= 4 is 11.9 Å². The van der Waals surface area contributed by atoms with Gasteiger partial charge >= 0.3 is 0 Å². The minimum atomic E-state index is -0.0408. The number of aliphatic imine (C=N–C) groups is 1. The molecule has 0 saturated carbocycles. The molecule has 0 radical (unpaired) electrons. The Kier molecular flexibility index (Phi) is 9.43. The van der Waals surface area contributed by atoms with Crippen molar-refractivity contribution in [1.82, 2.24) is 16.0 Å². The fraction of sp³-hybridized carbons (Fsp3) is 0.579. The Morgan fingerprint density at radius 3 is 2.64 bits per heavy atom. The maximum atomic E-state index is 11.7. The number of nitrogens with zero attached hydrogens (tertiary/aromatic N) is 1. The smallest absolute Gasteiger partial charge is 0.239 e. The molecule has 0 aliphatic heterocycles. The van der Waals surface area contributed by atoms with Crippen LogP contribution in [0.3, 0.4) is 0 Å². The van der Waals surface area contributed by atoms with Crippen molar-refractivity contribution in [1.29, 1.82) is 0 Å². The molecule has 0 spiro atoms. The van der Waals surface area contributed by atoms with E-state index in [4.69, 9.17) is 4.74 Å². The number of carbonyl (C=O) groups excluding carboxylic acids is 1. The number of hydrogen-bond donors (Lipinski definition) is 3. The molecule has 25 heavy (non-hydrogen) atoms. The summed E-state index contributed by atoms with van der Waals surface area (Å²) in [4.78, 5) is 15.8.